The Balaban J connectivity index is 2.37. The summed E-state index contributed by atoms with van der Waals surface area (Å²) in [6.07, 6.45) is 1.78. The molecule has 0 radical (unpaired) electrons. The van der Waals surface area contributed by atoms with E-state index in [9.17, 15) is 18.5 Å². The van der Waals surface area contributed by atoms with Gasteiger partial charge in [0, 0.05) is 10.5 Å². The van der Waals surface area contributed by atoms with Crippen LogP contribution in [-0.2, 0) is 10.0 Å². The molecule has 0 saturated carbocycles. The lowest BCUT2D eigenvalue weighted by Gasteiger charge is -2.06. The molecule has 0 heterocycles. The van der Waals surface area contributed by atoms with E-state index < -0.39 is 14.9 Å². The zero-order chi connectivity index (χ0) is 15.2. The van der Waals surface area contributed by atoms with Gasteiger partial charge in [-0.25, -0.2) is 13.6 Å². The molecule has 0 aliphatic carbocycles. The standard InChI is InChI=1S/C11H15BrN2O5S/c12-9-6-10(14(15)16)8-11(7-9)19-4-2-1-3-5-20(13,17)18/h6-8H,1-5H2,(H2,13,17,18). The molecule has 112 valence electrons. The van der Waals surface area contributed by atoms with Crippen LogP contribution in [0, 0.1) is 10.1 Å². The molecule has 2 N–H and O–H groups in total. The maximum atomic E-state index is 10.7. The highest BCUT2D eigenvalue weighted by Crippen LogP contribution is 2.26. The third-order valence-corrected chi connectivity index (χ3v) is 3.72. The monoisotopic (exact) mass is 366 g/mol. The molecule has 0 atom stereocenters. The number of halogens is 1. The molecule has 0 aliphatic heterocycles. The number of nitro benzene ring substituents is 1. The quantitative estimate of drug-likeness (QED) is 0.430. The lowest BCUT2D eigenvalue weighted by Crippen LogP contribution is -2.16. The second kappa shape index (κ2) is 7.55. The number of sulfonamides is 1. The van der Waals surface area contributed by atoms with Crippen LogP contribution in [0.3, 0.4) is 0 Å². The van der Waals surface area contributed by atoms with Crippen LogP contribution < -0.4 is 9.88 Å². The highest BCUT2D eigenvalue weighted by atomic mass is 79.9. The summed E-state index contributed by atoms with van der Waals surface area (Å²) in [4.78, 5) is 10.2. The van der Waals surface area contributed by atoms with Crippen molar-refractivity contribution >= 4 is 31.6 Å². The highest BCUT2D eigenvalue weighted by molar-refractivity contribution is 9.10. The Kier molecular flexibility index (Phi) is 6.37. The molecule has 20 heavy (non-hydrogen) atoms. The summed E-state index contributed by atoms with van der Waals surface area (Å²) in [5.41, 5.74) is -0.0522. The number of nitrogens with two attached hydrogens (primary N) is 1. The normalized spacial score (nSPS) is 11.3. The Bertz CT molecular complexity index is 576. The van der Waals surface area contributed by atoms with Crippen molar-refractivity contribution in [2.75, 3.05) is 12.4 Å². The zero-order valence-electron chi connectivity index (χ0n) is 10.6. The summed E-state index contributed by atoms with van der Waals surface area (Å²) < 4.78 is 27.4. The van der Waals surface area contributed by atoms with Crippen molar-refractivity contribution in [2.45, 2.75) is 19.3 Å². The molecule has 0 bridgehead atoms. The molecule has 1 rings (SSSR count). The van der Waals surface area contributed by atoms with Crippen molar-refractivity contribution in [3.8, 4) is 5.75 Å². The van der Waals surface area contributed by atoms with Gasteiger partial charge in [-0.15, -0.1) is 0 Å². The number of benzene rings is 1. The van der Waals surface area contributed by atoms with Crippen molar-refractivity contribution in [3.05, 3.63) is 32.8 Å². The van der Waals surface area contributed by atoms with Crippen LogP contribution in [0.25, 0.3) is 0 Å². The number of nitrogens with zero attached hydrogens (tertiary/aromatic N) is 1. The maximum Gasteiger partial charge on any atom is 0.274 e. The van der Waals surface area contributed by atoms with Crippen molar-refractivity contribution in [1.29, 1.82) is 0 Å². The van der Waals surface area contributed by atoms with E-state index in [4.69, 9.17) is 9.88 Å². The van der Waals surface area contributed by atoms with Gasteiger partial charge in [-0.1, -0.05) is 15.9 Å². The average Bonchev–Trinajstić information content (AvgIpc) is 2.31. The van der Waals surface area contributed by atoms with Gasteiger partial charge in [0.1, 0.15) is 5.75 Å². The second-order valence-electron chi connectivity index (χ2n) is 4.18. The maximum absolute atomic E-state index is 10.7. The summed E-state index contributed by atoms with van der Waals surface area (Å²) in [5, 5.41) is 15.5. The van der Waals surface area contributed by atoms with E-state index in [1.165, 1.54) is 12.1 Å². The van der Waals surface area contributed by atoms with Gasteiger partial charge in [0.2, 0.25) is 10.0 Å². The largest absolute Gasteiger partial charge is 0.493 e. The SMILES string of the molecule is NS(=O)(=O)CCCCCOc1cc(Br)cc([N+](=O)[O-])c1. The summed E-state index contributed by atoms with van der Waals surface area (Å²) in [6.45, 7) is 0.359. The van der Waals surface area contributed by atoms with E-state index in [1.807, 2.05) is 0 Å². The van der Waals surface area contributed by atoms with Gasteiger partial charge >= 0.3 is 0 Å². The minimum atomic E-state index is -3.41. The van der Waals surface area contributed by atoms with E-state index in [0.29, 0.717) is 36.1 Å². The molecule has 1 aromatic rings. The van der Waals surface area contributed by atoms with E-state index in [0.717, 1.165) is 0 Å². The first-order valence-electron chi connectivity index (χ1n) is 5.86. The summed E-state index contributed by atoms with van der Waals surface area (Å²) >= 11 is 3.17. The fourth-order valence-electron chi connectivity index (χ4n) is 1.51. The number of ether oxygens (including phenoxy) is 1. The Morgan fingerprint density at radius 1 is 1.25 bits per heavy atom. The van der Waals surface area contributed by atoms with E-state index in [2.05, 4.69) is 15.9 Å². The number of nitro groups is 1. The average molecular weight is 367 g/mol. The first-order chi connectivity index (χ1) is 9.28. The molecular formula is C11H15BrN2O5S. The molecule has 0 amide bonds. The number of primary sulfonamides is 1. The summed E-state index contributed by atoms with van der Waals surface area (Å²) in [6, 6.07) is 4.37. The van der Waals surface area contributed by atoms with E-state index in [-0.39, 0.29) is 11.4 Å². The third kappa shape index (κ3) is 6.83. The van der Waals surface area contributed by atoms with Gasteiger partial charge in [0.05, 0.1) is 23.3 Å². The van der Waals surface area contributed by atoms with Crippen LogP contribution in [0.4, 0.5) is 5.69 Å². The van der Waals surface area contributed by atoms with Crippen molar-refractivity contribution in [3.63, 3.8) is 0 Å². The molecule has 7 nitrogen and oxygen atoms in total. The number of unbranched alkanes of at least 4 members (excludes halogenated alkanes) is 2. The zero-order valence-corrected chi connectivity index (χ0v) is 13.0. The van der Waals surface area contributed by atoms with Crippen molar-refractivity contribution in [1.82, 2.24) is 0 Å². The predicted molar refractivity (Wildman–Crippen MR) is 78.1 cm³/mol. The first-order valence-corrected chi connectivity index (χ1v) is 8.37. The van der Waals surface area contributed by atoms with E-state index in [1.54, 1.807) is 6.07 Å². The van der Waals surface area contributed by atoms with Crippen LogP contribution in [0.2, 0.25) is 0 Å². The fraction of sp³-hybridized carbons (Fsp3) is 0.455. The van der Waals surface area contributed by atoms with Crippen LogP contribution >= 0.6 is 15.9 Å². The molecule has 0 aromatic heterocycles. The van der Waals surface area contributed by atoms with E-state index >= 15 is 0 Å². The minimum Gasteiger partial charge on any atom is -0.493 e. The molecule has 0 unspecified atom stereocenters. The predicted octanol–water partition coefficient (Wildman–Crippen LogP) is 2.19. The van der Waals surface area contributed by atoms with Crippen LogP contribution in [-0.4, -0.2) is 25.7 Å². The molecule has 9 heteroatoms. The van der Waals surface area contributed by atoms with Crippen LogP contribution in [0.1, 0.15) is 19.3 Å². The number of non-ortho nitro benzene ring substituents is 1. The first kappa shape index (κ1) is 16.9. The van der Waals surface area contributed by atoms with Gasteiger partial charge in [-0.2, -0.15) is 0 Å². The molecular weight excluding hydrogens is 352 g/mol. The number of rotatable bonds is 8. The molecule has 1 aromatic carbocycles. The topological polar surface area (TPSA) is 113 Å². The Labute approximate surface area is 125 Å². The Morgan fingerprint density at radius 2 is 1.95 bits per heavy atom. The Hall–Kier alpha value is -1.19. The van der Waals surface area contributed by atoms with Crippen molar-refractivity contribution < 1.29 is 18.1 Å². The van der Waals surface area contributed by atoms with Gasteiger partial charge in [0.15, 0.2) is 0 Å². The van der Waals surface area contributed by atoms with Crippen molar-refractivity contribution in [2.24, 2.45) is 5.14 Å². The van der Waals surface area contributed by atoms with Gasteiger partial charge in [-0.3, -0.25) is 10.1 Å². The second-order valence-corrected chi connectivity index (χ2v) is 6.83. The third-order valence-electron chi connectivity index (χ3n) is 2.41. The van der Waals surface area contributed by atoms with Crippen LogP contribution in [0.15, 0.2) is 22.7 Å². The minimum absolute atomic E-state index is 0.0463. The lowest BCUT2D eigenvalue weighted by atomic mass is 10.2. The lowest BCUT2D eigenvalue weighted by molar-refractivity contribution is -0.385. The molecule has 0 fully saturated rings. The smallest absolute Gasteiger partial charge is 0.274 e. The molecule has 0 spiro atoms. The van der Waals surface area contributed by atoms with Gasteiger partial charge in [-0.05, 0) is 25.3 Å². The fourth-order valence-corrected chi connectivity index (χ4v) is 2.58. The number of hydrogen-bond acceptors (Lipinski definition) is 5. The Morgan fingerprint density at radius 3 is 2.55 bits per heavy atom. The van der Waals surface area contributed by atoms with Crippen LogP contribution in [0.5, 0.6) is 5.75 Å². The van der Waals surface area contributed by atoms with Gasteiger partial charge in [0.25, 0.3) is 5.69 Å². The highest BCUT2D eigenvalue weighted by Gasteiger charge is 2.09. The number of hydrogen-bond donors (Lipinski definition) is 1. The summed E-state index contributed by atoms with van der Waals surface area (Å²) in [5.74, 6) is 0.354. The van der Waals surface area contributed by atoms with Gasteiger partial charge < -0.3 is 4.74 Å². The molecule has 0 aliphatic rings. The summed E-state index contributed by atoms with van der Waals surface area (Å²) in [7, 11) is -3.41. The molecule has 0 saturated heterocycles.